The van der Waals surface area contributed by atoms with E-state index in [0.717, 1.165) is 21.2 Å². The molecule has 0 radical (unpaired) electrons. The van der Waals surface area contributed by atoms with Crippen molar-refractivity contribution in [3.05, 3.63) is 100 Å². The number of hydrogen-bond acceptors (Lipinski definition) is 2. The molecule has 4 nitrogen and oxygen atoms in total. The average Bonchev–Trinajstić information content (AvgIpc) is 2.69. The molecule has 0 aliphatic carbocycles. The minimum atomic E-state index is -0.712. The first-order valence-electron chi connectivity index (χ1n) is 8.52. The van der Waals surface area contributed by atoms with Crippen molar-refractivity contribution < 1.29 is 9.59 Å². The zero-order chi connectivity index (χ0) is 19.2. The van der Waals surface area contributed by atoms with Crippen LogP contribution in [0.1, 0.15) is 22.7 Å². The van der Waals surface area contributed by atoms with E-state index in [9.17, 15) is 9.59 Å². The molecule has 0 saturated carbocycles. The molecular weight excluding hydrogens is 404 g/mol. The van der Waals surface area contributed by atoms with Gasteiger partial charge in [-0.25, -0.2) is 0 Å². The highest BCUT2D eigenvalue weighted by atomic mass is 79.9. The maximum absolute atomic E-state index is 12.5. The number of carbonyl (C=O) groups excluding carboxylic acids is 2. The summed E-state index contributed by atoms with van der Waals surface area (Å²) in [4.78, 5) is 24.9. The normalized spacial score (nSPS) is 10.5. The standard InChI is InChI=1S/C22H19BrN2O2/c1-15-12-13-19(18(23)14-15)24-21(26)22(27)25-20(16-8-4-2-5-9-16)17-10-6-3-7-11-17/h2-14,20H,1H3,(H,24,26)(H,25,27). The van der Waals surface area contributed by atoms with Gasteiger partial charge >= 0.3 is 11.8 Å². The molecule has 2 amide bonds. The maximum atomic E-state index is 12.5. The van der Waals surface area contributed by atoms with Crippen LogP contribution in [0.4, 0.5) is 5.69 Å². The van der Waals surface area contributed by atoms with Crippen LogP contribution in [-0.2, 0) is 9.59 Å². The molecule has 0 bridgehead atoms. The average molecular weight is 423 g/mol. The number of rotatable bonds is 4. The minimum absolute atomic E-state index is 0.410. The first-order chi connectivity index (χ1) is 13.0. The number of carbonyl (C=O) groups is 2. The lowest BCUT2D eigenvalue weighted by Crippen LogP contribution is -2.38. The van der Waals surface area contributed by atoms with Crippen LogP contribution in [0.2, 0.25) is 0 Å². The van der Waals surface area contributed by atoms with E-state index < -0.39 is 17.9 Å². The van der Waals surface area contributed by atoms with Gasteiger partial charge in [-0.2, -0.15) is 0 Å². The second-order valence-electron chi connectivity index (χ2n) is 6.17. The van der Waals surface area contributed by atoms with E-state index in [4.69, 9.17) is 0 Å². The fourth-order valence-corrected chi connectivity index (χ4v) is 3.34. The molecule has 5 heteroatoms. The number of halogens is 1. The molecule has 0 atom stereocenters. The lowest BCUT2D eigenvalue weighted by molar-refractivity contribution is -0.136. The number of amides is 2. The van der Waals surface area contributed by atoms with Crippen molar-refractivity contribution in [1.82, 2.24) is 5.32 Å². The van der Waals surface area contributed by atoms with E-state index in [0.29, 0.717) is 5.69 Å². The van der Waals surface area contributed by atoms with Crippen LogP contribution in [0.3, 0.4) is 0 Å². The number of aryl methyl sites for hydroxylation is 1. The summed E-state index contributed by atoms with van der Waals surface area (Å²) in [5.41, 5.74) is 3.41. The predicted octanol–water partition coefficient (Wildman–Crippen LogP) is 4.60. The molecular formula is C22H19BrN2O2. The van der Waals surface area contributed by atoms with Gasteiger partial charge < -0.3 is 10.6 Å². The quantitative estimate of drug-likeness (QED) is 0.603. The topological polar surface area (TPSA) is 58.2 Å². The van der Waals surface area contributed by atoms with Crippen LogP contribution in [0, 0.1) is 6.92 Å². The summed E-state index contributed by atoms with van der Waals surface area (Å²) in [6.07, 6.45) is 0. The molecule has 27 heavy (non-hydrogen) atoms. The summed E-state index contributed by atoms with van der Waals surface area (Å²) in [6.45, 7) is 1.95. The van der Waals surface area contributed by atoms with E-state index in [2.05, 4.69) is 26.6 Å². The van der Waals surface area contributed by atoms with Crippen molar-refractivity contribution in [2.24, 2.45) is 0 Å². The Bertz CT molecular complexity index is 904. The lowest BCUT2D eigenvalue weighted by Gasteiger charge is -2.19. The number of nitrogens with one attached hydrogen (secondary N) is 2. The molecule has 3 aromatic carbocycles. The third kappa shape index (κ3) is 4.83. The van der Waals surface area contributed by atoms with Gasteiger partial charge in [0.2, 0.25) is 0 Å². The van der Waals surface area contributed by atoms with Crippen LogP contribution >= 0.6 is 15.9 Å². The Kier molecular flexibility index (Phi) is 6.04. The molecule has 0 aliphatic rings. The molecule has 3 rings (SSSR count). The van der Waals surface area contributed by atoms with Crippen LogP contribution in [-0.4, -0.2) is 11.8 Å². The van der Waals surface area contributed by atoms with Gasteiger partial charge in [-0.1, -0.05) is 66.7 Å². The fourth-order valence-electron chi connectivity index (χ4n) is 2.75. The Hall–Kier alpha value is -2.92. The molecule has 2 N–H and O–H groups in total. The van der Waals surface area contributed by atoms with Crippen molar-refractivity contribution in [1.29, 1.82) is 0 Å². The lowest BCUT2D eigenvalue weighted by atomic mass is 9.99. The highest BCUT2D eigenvalue weighted by Gasteiger charge is 2.21. The van der Waals surface area contributed by atoms with Crippen LogP contribution < -0.4 is 10.6 Å². The van der Waals surface area contributed by atoms with Crippen molar-refractivity contribution in [2.75, 3.05) is 5.32 Å². The monoisotopic (exact) mass is 422 g/mol. The van der Waals surface area contributed by atoms with Gasteiger partial charge in [-0.3, -0.25) is 9.59 Å². The van der Waals surface area contributed by atoms with E-state index in [1.807, 2.05) is 79.7 Å². The van der Waals surface area contributed by atoms with E-state index in [1.54, 1.807) is 6.07 Å². The molecule has 0 fully saturated rings. The summed E-state index contributed by atoms with van der Waals surface area (Å²) < 4.78 is 0.728. The minimum Gasteiger partial charge on any atom is -0.337 e. The largest absolute Gasteiger partial charge is 0.337 e. The van der Waals surface area contributed by atoms with Gasteiger partial charge in [-0.15, -0.1) is 0 Å². The molecule has 0 unspecified atom stereocenters. The number of hydrogen-bond donors (Lipinski definition) is 2. The molecule has 3 aromatic rings. The van der Waals surface area contributed by atoms with Gasteiger partial charge in [0.15, 0.2) is 0 Å². The number of benzene rings is 3. The van der Waals surface area contributed by atoms with Crippen LogP contribution in [0.25, 0.3) is 0 Å². The van der Waals surface area contributed by atoms with Gasteiger partial charge in [0.25, 0.3) is 0 Å². The summed E-state index contributed by atoms with van der Waals surface area (Å²) in [6, 6.07) is 24.2. The molecule has 0 saturated heterocycles. The van der Waals surface area contributed by atoms with Gasteiger partial charge in [0.05, 0.1) is 11.7 Å². The third-order valence-electron chi connectivity index (χ3n) is 4.12. The van der Waals surface area contributed by atoms with E-state index >= 15 is 0 Å². The molecule has 0 aromatic heterocycles. The second-order valence-corrected chi connectivity index (χ2v) is 7.02. The summed E-state index contributed by atoms with van der Waals surface area (Å²) in [7, 11) is 0. The molecule has 0 spiro atoms. The highest BCUT2D eigenvalue weighted by Crippen LogP contribution is 2.24. The zero-order valence-electron chi connectivity index (χ0n) is 14.8. The van der Waals surface area contributed by atoms with Crippen molar-refractivity contribution in [2.45, 2.75) is 13.0 Å². The molecule has 0 heterocycles. The number of anilines is 1. The maximum Gasteiger partial charge on any atom is 0.313 e. The highest BCUT2D eigenvalue weighted by molar-refractivity contribution is 9.10. The van der Waals surface area contributed by atoms with Crippen LogP contribution in [0.15, 0.2) is 83.3 Å². The zero-order valence-corrected chi connectivity index (χ0v) is 16.4. The summed E-state index contributed by atoms with van der Waals surface area (Å²) in [5, 5.41) is 5.48. The Labute approximate surface area is 166 Å². The van der Waals surface area contributed by atoms with Gasteiger partial charge in [-0.05, 0) is 51.7 Å². The first-order valence-corrected chi connectivity index (χ1v) is 9.32. The fraction of sp³-hybridized carbons (Fsp3) is 0.0909. The molecule has 0 aliphatic heterocycles. The third-order valence-corrected chi connectivity index (χ3v) is 4.78. The Morgan fingerprint density at radius 3 is 1.89 bits per heavy atom. The van der Waals surface area contributed by atoms with Gasteiger partial charge in [0, 0.05) is 4.47 Å². The van der Waals surface area contributed by atoms with Gasteiger partial charge in [0.1, 0.15) is 0 Å². The Morgan fingerprint density at radius 2 is 1.37 bits per heavy atom. The predicted molar refractivity (Wildman–Crippen MR) is 110 cm³/mol. The smallest absolute Gasteiger partial charge is 0.313 e. The molecule has 136 valence electrons. The SMILES string of the molecule is Cc1ccc(NC(=O)C(=O)NC(c2ccccc2)c2ccccc2)c(Br)c1. The van der Waals surface area contributed by atoms with E-state index in [1.165, 1.54) is 0 Å². The Balaban J connectivity index is 1.79. The second kappa shape index (κ2) is 8.64. The first kappa shape index (κ1) is 18.9. The summed E-state index contributed by atoms with van der Waals surface area (Å²) in [5.74, 6) is -1.41. The summed E-state index contributed by atoms with van der Waals surface area (Å²) >= 11 is 3.40. The Morgan fingerprint density at radius 1 is 0.815 bits per heavy atom. The van der Waals surface area contributed by atoms with Crippen molar-refractivity contribution in [3.63, 3.8) is 0 Å². The van der Waals surface area contributed by atoms with Crippen molar-refractivity contribution in [3.8, 4) is 0 Å². The van der Waals surface area contributed by atoms with E-state index in [-0.39, 0.29) is 0 Å². The van der Waals surface area contributed by atoms with Crippen molar-refractivity contribution >= 4 is 33.4 Å². The van der Waals surface area contributed by atoms with Crippen LogP contribution in [0.5, 0.6) is 0 Å².